The summed E-state index contributed by atoms with van der Waals surface area (Å²) in [6.07, 6.45) is 1.09. The SMILES string of the molecule is CCCNc1nc2c(C)cc(Cl)cc2cc1C(C)C. The summed E-state index contributed by atoms with van der Waals surface area (Å²) >= 11 is 6.14. The van der Waals surface area contributed by atoms with E-state index in [4.69, 9.17) is 16.6 Å². The van der Waals surface area contributed by atoms with Gasteiger partial charge >= 0.3 is 0 Å². The Labute approximate surface area is 120 Å². The van der Waals surface area contributed by atoms with E-state index in [-0.39, 0.29) is 0 Å². The van der Waals surface area contributed by atoms with E-state index in [9.17, 15) is 0 Å². The molecule has 0 unspecified atom stereocenters. The highest BCUT2D eigenvalue weighted by Gasteiger charge is 2.11. The fourth-order valence-electron chi connectivity index (χ4n) is 2.26. The lowest BCUT2D eigenvalue weighted by molar-refractivity contribution is 0.856. The predicted molar refractivity (Wildman–Crippen MR) is 84.4 cm³/mol. The van der Waals surface area contributed by atoms with E-state index in [1.54, 1.807) is 0 Å². The molecular formula is C16H21ClN2. The summed E-state index contributed by atoms with van der Waals surface area (Å²) in [6.45, 7) is 9.55. The number of halogens is 1. The maximum atomic E-state index is 6.14. The number of pyridine rings is 1. The van der Waals surface area contributed by atoms with Crippen molar-refractivity contribution in [3.63, 3.8) is 0 Å². The summed E-state index contributed by atoms with van der Waals surface area (Å²) in [6, 6.07) is 6.17. The van der Waals surface area contributed by atoms with Gasteiger partial charge in [0.1, 0.15) is 5.82 Å². The van der Waals surface area contributed by atoms with E-state index in [1.165, 1.54) is 5.56 Å². The molecule has 0 amide bonds. The second-order valence-corrected chi connectivity index (χ2v) is 5.74. The monoisotopic (exact) mass is 276 g/mol. The van der Waals surface area contributed by atoms with Crippen LogP contribution in [0.25, 0.3) is 10.9 Å². The van der Waals surface area contributed by atoms with Crippen LogP contribution in [0.1, 0.15) is 44.2 Å². The number of anilines is 1. The Hall–Kier alpha value is -1.28. The minimum Gasteiger partial charge on any atom is -0.370 e. The molecule has 0 atom stereocenters. The maximum Gasteiger partial charge on any atom is 0.130 e. The number of fused-ring (bicyclic) bond motifs is 1. The van der Waals surface area contributed by atoms with Gasteiger partial charge in [-0.3, -0.25) is 0 Å². The molecule has 0 radical (unpaired) electrons. The van der Waals surface area contributed by atoms with Crippen molar-refractivity contribution < 1.29 is 0 Å². The Morgan fingerprint density at radius 3 is 2.63 bits per heavy atom. The average molecular weight is 277 g/mol. The van der Waals surface area contributed by atoms with Crippen LogP contribution in [-0.2, 0) is 0 Å². The molecule has 0 aliphatic carbocycles. The zero-order valence-electron chi connectivity index (χ0n) is 12.0. The predicted octanol–water partition coefficient (Wildman–Crippen LogP) is 5.14. The van der Waals surface area contributed by atoms with Crippen molar-refractivity contribution in [3.8, 4) is 0 Å². The van der Waals surface area contributed by atoms with Crippen LogP contribution >= 0.6 is 11.6 Å². The molecule has 2 aromatic rings. The summed E-state index contributed by atoms with van der Waals surface area (Å²) in [5, 5.41) is 5.33. The zero-order valence-corrected chi connectivity index (χ0v) is 12.8. The van der Waals surface area contributed by atoms with Crippen molar-refractivity contribution in [2.75, 3.05) is 11.9 Å². The summed E-state index contributed by atoms with van der Waals surface area (Å²) in [7, 11) is 0. The fourth-order valence-corrected chi connectivity index (χ4v) is 2.54. The molecule has 3 heteroatoms. The van der Waals surface area contributed by atoms with Crippen LogP contribution in [0.3, 0.4) is 0 Å². The van der Waals surface area contributed by atoms with E-state index in [2.05, 4.69) is 39.1 Å². The van der Waals surface area contributed by atoms with Crippen LogP contribution in [0.2, 0.25) is 5.02 Å². The summed E-state index contributed by atoms with van der Waals surface area (Å²) in [5.74, 6) is 1.45. The molecule has 2 nitrogen and oxygen atoms in total. The molecule has 0 fully saturated rings. The van der Waals surface area contributed by atoms with Crippen LogP contribution in [0.5, 0.6) is 0 Å². The maximum absolute atomic E-state index is 6.14. The number of hydrogen-bond donors (Lipinski definition) is 1. The van der Waals surface area contributed by atoms with Crippen LogP contribution in [-0.4, -0.2) is 11.5 Å². The molecule has 0 aliphatic rings. The molecule has 102 valence electrons. The second-order valence-electron chi connectivity index (χ2n) is 5.30. The molecule has 19 heavy (non-hydrogen) atoms. The molecule has 2 rings (SSSR count). The number of benzene rings is 1. The van der Waals surface area contributed by atoms with Gasteiger partial charge in [-0.2, -0.15) is 0 Å². The van der Waals surface area contributed by atoms with Crippen molar-refractivity contribution in [2.24, 2.45) is 0 Å². The van der Waals surface area contributed by atoms with Crippen LogP contribution in [0, 0.1) is 6.92 Å². The lowest BCUT2D eigenvalue weighted by Crippen LogP contribution is -2.07. The molecule has 1 N–H and O–H groups in total. The number of rotatable bonds is 4. The van der Waals surface area contributed by atoms with Gasteiger partial charge in [-0.05, 0) is 48.6 Å². The summed E-state index contributed by atoms with van der Waals surface area (Å²) in [5.41, 5.74) is 3.41. The van der Waals surface area contributed by atoms with Crippen molar-refractivity contribution in [2.45, 2.75) is 40.0 Å². The number of aryl methyl sites for hydroxylation is 1. The number of nitrogens with one attached hydrogen (secondary N) is 1. The molecule has 0 aliphatic heterocycles. The third-order valence-corrected chi connectivity index (χ3v) is 3.49. The van der Waals surface area contributed by atoms with Crippen LogP contribution in [0.15, 0.2) is 18.2 Å². The Balaban J connectivity index is 2.62. The summed E-state index contributed by atoms with van der Waals surface area (Å²) in [4.78, 5) is 4.80. The normalized spacial score (nSPS) is 11.3. The Kier molecular flexibility index (Phi) is 4.31. The molecule has 0 spiro atoms. The molecule has 0 saturated carbocycles. The van der Waals surface area contributed by atoms with E-state index >= 15 is 0 Å². The first-order chi connectivity index (χ1) is 9.02. The van der Waals surface area contributed by atoms with Gasteiger partial charge in [-0.25, -0.2) is 4.98 Å². The van der Waals surface area contributed by atoms with E-state index in [0.29, 0.717) is 5.92 Å². The molecular weight excluding hydrogens is 256 g/mol. The summed E-state index contributed by atoms with van der Waals surface area (Å²) < 4.78 is 0. The first-order valence-corrected chi connectivity index (χ1v) is 7.25. The Bertz CT molecular complexity index is 591. The Morgan fingerprint density at radius 1 is 1.26 bits per heavy atom. The minimum atomic E-state index is 0.440. The van der Waals surface area contributed by atoms with Gasteiger partial charge in [0.25, 0.3) is 0 Å². The minimum absolute atomic E-state index is 0.440. The van der Waals surface area contributed by atoms with Gasteiger partial charge < -0.3 is 5.32 Å². The van der Waals surface area contributed by atoms with E-state index in [0.717, 1.165) is 40.3 Å². The van der Waals surface area contributed by atoms with Crippen LogP contribution in [0.4, 0.5) is 5.82 Å². The number of aromatic nitrogens is 1. The highest BCUT2D eigenvalue weighted by atomic mass is 35.5. The fraction of sp³-hybridized carbons (Fsp3) is 0.438. The smallest absolute Gasteiger partial charge is 0.130 e. The third kappa shape index (κ3) is 3.01. The van der Waals surface area contributed by atoms with Gasteiger partial charge in [0.15, 0.2) is 0 Å². The average Bonchev–Trinajstić information content (AvgIpc) is 2.35. The van der Waals surface area contributed by atoms with Crippen molar-refractivity contribution >= 4 is 28.3 Å². The first-order valence-electron chi connectivity index (χ1n) is 6.87. The lowest BCUT2D eigenvalue weighted by Gasteiger charge is -2.15. The van der Waals surface area contributed by atoms with Crippen molar-refractivity contribution in [1.29, 1.82) is 0 Å². The van der Waals surface area contributed by atoms with Crippen LogP contribution < -0.4 is 5.32 Å². The molecule has 1 aromatic heterocycles. The standard InChI is InChI=1S/C16H21ClN2/c1-5-6-18-16-14(10(2)3)9-12-8-13(17)7-11(4)15(12)19-16/h7-10H,5-6H2,1-4H3,(H,18,19). The molecule has 0 bridgehead atoms. The van der Waals surface area contributed by atoms with Gasteiger partial charge in [-0.15, -0.1) is 0 Å². The van der Waals surface area contributed by atoms with Gasteiger partial charge in [-0.1, -0.05) is 32.4 Å². The van der Waals surface area contributed by atoms with Gasteiger partial charge in [0, 0.05) is 17.0 Å². The third-order valence-electron chi connectivity index (χ3n) is 3.27. The van der Waals surface area contributed by atoms with Crippen molar-refractivity contribution in [3.05, 3.63) is 34.3 Å². The van der Waals surface area contributed by atoms with Crippen molar-refractivity contribution in [1.82, 2.24) is 4.98 Å². The Morgan fingerprint density at radius 2 is 2.00 bits per heavy atom. The van der Waals surface area contributed by atoms with E-state index < -0.39 is 0 Å². The van der Waals surface area contributed by atoms with Gasteiger partial charge in [0.05, 0.1) is 5.52 Å². The second kappa shape index (κ2) is 5.79. The molecule has 1 aromatic carbocycles. The number of hydrogen-bond acceptors (Lipinski definition) is 2. The highest BCUT2D eigenvalue weighted by Crippen LogP contribution is 2.30. The molecule has 0 saturated heterocycles. The quantitative estimate of drug-likeness (QED) is 0.836. The largest absolute Gasteiger partial charge is 0.370 e. The topological polar surface area (TPSA) is 24.9 Å². The lowest BCUT2D eigenvalue weighted by atomic mass is 10.0. The number of nitrogens with zero attached hydrogens (tertiary/aromatic N) is 1. The zero-order chi connectivity index (χ0) is 14.0. The van der Waals surface area contributed by atoms with E-state index in [1.807, 2.05) is 12.1 Å². The van der Waals surface area contributed by atoms with Gasteiger partial charge in [0.2, 0.25) is 0 Å². The first kappa shape index (κ1) is 14.1. The molecule has 1 heterocycles. The highest BCUT2D eigenvalue weighted by molar-refractivity contribution is 6.31.